The Kier molecular flexibility index (Phi) is 8.27. The molecule has 1 rings (SSSR count). The summed E-state index contributed by atoms with van der Waals surface area (Å²) in [5, 5.41) is 13.5. The molecule has 0 aliphatic rings. The molecule has 0 aromatic carbocycles. The number of urea groups is 1. The Morgan fingerprint density at radius 3 is 2.59 bits per heavy atom. The van der Waals surface area contributed by atoms with Gasteiger partial charge in [0.2, 0.25) is 0 Å². The highest BCUT2D eigenvalue weighted by Crippen LogP contribution is 2.19. The molecule has 0 saturated carbocycles. The van der Waals surface area contributed by atoms with Gasteiger partial charge >= 0.3 is 12.0 Å². The number of aryl methyl sites for hydroxylation is 1. The second-order valence-corrected chi connectivity index (χ2v) is 6.12. The molecule has 8 heteroatoms. The van der Waals surface area contributed by atoms with Crippen LogP contribution in [0, 0.1) is 25.2 Å². The van der Waals surface area contributed by atoms with Crippen LogP contribution >= 0.6 is 0 Å². The van der Waals surface area contributed by atoms with Crippen molar-refractivity contribution >= 4 is 24.0 Å². The number of nitriles is 1. The molecule has 1 heterocycles. The van der Waals surface area contributed by atoms with Crippen LogP contribution in [0.25, 0.3) is 6.08 Å². The zero-order valence-corrected chi connectivity index (χ0v) is 16.4. The number of imide groups is 1. The number of carbonyl (C=O) groups is 3. The van der Waals surface area contributed by atoms with Gasteiger partial charge in [-0.05, 0) is 44.9 Å². The molecule has 1 aromatic heterocycles. The van der Waals surface area contributed by atoms with Gasteiger partial charge in [0, 0.05) is 25.0 Å². The monoisotopic (exact) mass is 374 g/mol. The molecular formula is C19H26N4O4. The lowest BCUT2D eigenvalue weighted by Crippen LogP contribution is -2.43. The van der Waals surface area contributed by atoms with Crippen LogP contribution in [0.1, 0.15) is 43.6 Å². The maximum absolute atomic E-state index is 12.2. The standard InChI is InChI=1S/C19H26N4O4/c1-6-7-8-23-12(2)9-15(13(23)3)10-16(11-20)18(25)27-14(4)17(24)22-19(26)21-5/h9-10,14H,6-8H2,1-5H3,(H2,21,22,24,26)/b16-10+/t14-/m1/s1. The van der Waals surface area contributed by atoms with Crippen LogP contribution in [0.5, 0.6) is 0 Å². The lowest BCUT2D eigenvalue weighted by Gasteiger charge is -2.12. The molecule has 27 heavy (non-hydrogen) atoms. The quantitative estimate of drug-likeness (QED) is 0.431. The van der Waals surface area contributed by atoms with E-state index in [2.05, 4.69) is 16.8 Å². The first kappa shape index (κ1) is 22.0. The minimum atomic E-state index is -1.22. The largest absolute Gasteiger partial charge is 0.448 e. The molecule has 1 aromatic rings. The lowest BCUT2D eigenvalue weighted by atomic mass is 10.1. The molecule has 0 aliphatic carbocycles. The van der Waals surface area contributed by atoms with Crippen molar-refractivity contribution in [3.05, 3.63) is 28.6 Å². The van der Waals surface area contributed by atoms with E-state index in [0.717, 1.165) is 36.3 Å². The van der Waals surface area contributed by atoms with Gasteiger partial charge < -0.3 is 14.6 Å². The van der Waals surface area contributed by atoms with E-state index in [1.54, 1.807) is 0 Å². The summed E-state index contributed by atoms with van der Waals surface area (Å²) in [7, 11) is 1.35. The smallest absolute Gasteiger partial charge is 0.349 e. The van der Waals surface area contributed by atoms with Crippen LogP contribution in [0.4, 0.5) is 4.79 Å². The van der Waals surface area contributed by atoms with E-state index in [4.69, 9.17) is 4.74 Å². The van der Waals surface area contributed by atoms with E-state index in [-0.39, 0.29) is 5.57 Å². The average Bonchev–Trinajstić information content (AvgIpc) is 2.90. The Morgan fingerprint density at radius 1 is 1.37 bits per heavy atom. The highest BCUT2D eigenvalue weighted by Gasteiger charge is 2.22. The van der Waals surface area contributed by atoms with Crippen LogP contribution in [0.15, 0.2) is 11.6 Å². The number of nitrogens with zero attached hydrogens (tertiary/aromatic N) is 2. The normalized spacial score (nSPS) is 12.1. The number of esters is 1. The molecule has 0 bridgehead atoms. The van der Waals surface area contributed by atoms with E-state index >= 15 is 0 Å². The number of ether oxygens (including phenoxy) is 1. The number of carbonyl (C=O) groups excluding carboxylic acids is 3. The van der Waals surface area contributed by atoms with Crippen LogP contribution in [-0.4, -0.2) is 35.6 Å². The molecule has 146 valence electrons. The van der Waals surface area contributed by atoms with Crippen molar-refractivity contribution in [3.63, 3.8) is 0 Å². The summed E-state index contributed by atoms with van der Waals surface area (Å²) in [5.41, 5.74) is 2.52. The first-order valence-corrected chi connectivity index (χ1v) is 8.77. The van der Waals surface area contributed by atoms with Crippen LogP contribution in [-0.2, 0) is 20.9 Å². The Labute approximate surface area is 159 Å². The molecule has 0 spiro atoms. The second kappa shape index (κ2) is 10.2. The third kappa shape index (κ3) is 5.99. The van der Waals surface area contributed by atoms with Gasteiger partial charge in [-0.15, -0.1) is 0 Å². The van der Waals surface area contributed by atoms with Gasteiger partial charge in [0.25, 0.3) is 5.91 Å². The number of unbranched alkanes of at least 4 members (excludes halogenated alkanes) is 1. The Balaban J connectivity index is 2.94. The highest BCUT2D eigenvalue weighted by molar-refractivity contribution is 6.01. The third-order valence-corrected chi connectivity index (χ3v) is 4.11. The summed E-state index contributed by atoms with van der Waals surface area (Å²) < 4.78 is 7.13. The summed E-state index contributed by atoms with van der Waals surface area (Å²) in [6, 6.07) is 3.00. The van der Waals surface area contributed by atoms with Crippen molar-refractivity contribution in [2.75, 3.05) is 7.05 Å². The number of aromatic nitrogens is 1. The number of hydrogen-bond acceptors (Lipinski definition) is 5. The summed E-state index contributed by atoms with van der Waals surface area (Å²) in [5.74, 6) is -1.70. The van der Waals surface area contributed by atoms with Gasteiger partial charge in [-0.3, -0.25) is 10.1 Å². The predicted octanol–water partition coefficient (Wildman–Crippen LogP) is 2.20. The van der Waals surface area contributed by atoms with Gasteiger partial charge in [-0.25, -0.2) is 9.59 Å². The molecule has 0 unspecified atom stereocenters. The predicted molar refractivity (Wildman–Crippen MR) is 101 cm³/mol. The van der Waals surface area contributed by atoms with E-state index in [1.807, 2.05) is 31.3 Å². The van der Waals surface area contributed by atoms with Gasteiger partial charge in [-0.1, -0.05) is 13.3 Å². The van der Waals surface area contributed by atoms with Crippen molar-refractivity contribution in [1.29, 1.82) is 5.26 Å². The first-order valence-electron chi connectivity index (χ1n) is 8.77. The third-order valence-electron chi connectivity index (χ3n) is 4.11. The van der Waals surface area contributed by atoms with Gasteiger partial charge in [0.1, 0.15) is 11.6 Å². The topological polar surface area (TPSA) is 113 Å². The van der Waals surface area contributed by atoms with Gasteiger partial charge in [-0.2, -0.15) is 5.26 Å². The summed E-state index contributed by atoms with van der Waals surface area (Å²) in [6.45, 7) is 8.19. The van der Waals surface area contributed by atoms with Gasteiger partial charge in [0.05, 0.1) is 0 Å². The fourth-order valence-electron chi connectivity index (χ4n) is 2.48. The van der Waals surface area contributed by atoms with Crippen molar-refractivity contribution in [2.45, 2.75) is 53.2 Å². The molecule has 0 fully saturated rings. The molecule has 1 atom stereocenters. The highest BCUT2D eigenvalue weighted by atomic mass is 16.5. The minimum Gasteiger partial charge on any atom is -0.448 e. The fraction of sp³-hybridized carbons (Fsp3) is 0.474. The zero-order chi connectivity index (χ0) is 20.6. The van der Waals surface area contributed by atoms with Crippen LogP contribution in [0.3, 0.4) is 0 Å². The molecular weight excluding hydrogens is 348 g/mol. The number of amides is 3. The van der Waals surface area contributed by atoms with E-state index < -0.39 is 24.0 Å². The average molecular weight is 374 g/mol. The van der Waals surface area contributed by atoms with Crippen LogP contribution < -0.4 is 10.6 Å². The molecule has 3 amide bonds. The van der Waals surface area contributed by atoms with Crippen LogP contribution in [0.2, 0.25) is 0 Å². The summed E-state index contributed by atoms with van der Waals surface area (Å²) >= 11 is 0. The number of rotatable bonds is 7. The maximum Gasteiger partial charge on any atom is 0.349 e. The Bertz CT molecular complexity index is 786. The zero-order valence-electron chi connectivity index (χ0n) is 16.4. The SMILES string of the molecule is CCCCn1c(C)cc(/C=C(\C#N)C(=O)O[C@H](C)C(=O)NC(=O)NC)c1C. The van der Waals surface area contributed by atoms with Crippen molar-refractivity contribution in [2.24, 2.45) is 0 Å². The molecule has 8 nitrogen and oxygen atoms in total. The maximum atomic E-state index is 12.2. The fourth-order valence-corrected chi connectivity index (χ4v) is 2.48. The number of hydrogen-bond donors (Lipinski definition) is 2. The second-order valence-electron chi connectivity index (χ2n) is 6.12. The lowest BCUT2D eigenvalue weighted by molar-refractivity contribution is -0.150. The summed E-state index contributed by atoms with van der Waals surface area (Å²) in [6.07, 6.45) is 2.33. The Hall–Kier alpha value is -3.08. The van der Waals surface area contributed by atoms with Crippen molar-refractivity contribution in [1.82, 2.24) is 15.2 Å². The molecule has 2 N–H and O–H groups in total. The number of nitrogens with one attached hydrogen (secondary N) is 2. The molecule has 0 aliphatic heterocycles. The van der Waals surface area contributed by atoms with E-state index in [0.29, 0.717) is 0 Å². The van der Waals surface area contributed by atoms with Crippen molar-refractivity contribution < 1.29 is 19.1 Å². The first-order chi connectivity index (χ1) is 12.7. The van der Waals surface area contributed by atoms with Crippen molar-refractivity contribution in [3.8, 4) is 6.07 Å². The van der Waals surface area contributed by atoms with E-state index in [9.17, 15) is 19.6 Å². The van der Waals surface area contributed by atoms with E-state index in [1.165, 1.54) is 20.0 Å². The Morgan fingerprint density at radius 2 is 2.04 bits per heavy atom. The molecule has 0 saturated heterocycles. The minimum absolute atomic E-state index is 0.217. The summed E-state index contributed by atoms with van der Waals surface area (Å²) in [4.78, 5) is 35.1. The molecule has 0 radical (unpaired) electrons. The van der Waals surface area contributed by atoms with Gasteiger partial charge in [0.15, 0.2) is 6.10 Å².